The molecule has 1 aromatic carbocycles. The maximum absolute atomic E-state index is 12.5. The summed E-state index contributed by atoms with van der Waals surface area (Å²) < 4.78 is 37.4. The van der Waals surface area contributed by atoms with Crippen LogP contribution >= 0.6 is 0 Å². The zero-order chi connectivity index (χ0) is 15.2. The summed E-state index contributed by atoms with van der Waals surface area (Å²) in [6, 6.07) is 5.31. The molecule has 0 unspecified atom stereocenters. The van der Waals surface area contributed by atoms with Crippen LogP contribution in [0, 0.1) is 5.92 Å². The van der Waals surface area contributed by atoms with Gasteiger partial charge in [-0.05, 0) is 55.6 Å². The molecule has 20 heavy (non-hydrogen) atoms. The van der Waals surface area contributed by atoms with Gasteiger partial charge in [0.2, 0.25) is 0 Å². The highest BCUT2D eigenvalue weighted by Crippen LogP contribution is 2.30. The molecule has 0 spiro atoms. The number of allylic oxidation sites excluding steroid dienone is 1. The van der Waals surface area contributed by atoms with E-state index in [2.05, 4.69) is 25.2 Å². The number of halogens is 3. The maximum Gasteiger partial charge on any atom is 0.416 e. The van der Waals surface area contributed by atoms with E-state index in [0.29, 0.717) is 5.92 Å². The molecule has 4 heteroatoms. The summed E-state index contributed by atoms with van der Waals surface area (Å²) in [4.78, 5) is 0. The number of hydrogen-bond donors (Lipinski definition) is 1. The molecule has 0 saturated carbocycles. The van der Waals surface area contributed by atoms with E-state index in [9.17, 15) is 13.2 Å². The first-order valence-corrected chi connectivity index (χ1v) is 6.86. The van der Waals surface area contributed by atoms with E-state index in [0.717, 1.165) is 42.8 Å². The Bertz CT molecular complexity index is 430. The van der Waals surface area contributed by atoms with Crippen LogP contribution in [0.5, 0.6) is 0 Å². The molecule has 0 bridgehead atoms. The SMILES string of the molecule is CC(=CCCNCC(C)C)c1ccc(C(F)(F)F)cc1. The molecule has 0 saturated heterocycles. The van der Waals surface area contributed by atoms with Crippen molar-refractivity contribution in [1.29, 1.82) is 0 Å². The number of benzene rings is 1. The van der Waals surface area contributed by atoms with Gasteiger partial charge in [-0.25, -0.2) is 0 Å². The molecule has 0 atom stereocenters. The van der Waals surface area contributed by atoms with Crippen molar-refractivity contribution in [2.45, 2.75) is 33.4 Å². The van der Waals surface area contributed by atoms with Crippen molar-refractivity contribution in [3.8, 4) is 0 Å². The third-order valence-electron chi connectivity index (χ3n) is 2.99. The Hall–Kier alpha value is -1.29. The van der Waals surface area contributed by atoms with E-state index in [1.807, 2.05) is 6.92 Å². The molecule has 0 aromatic heterocycles. The Balaban J connectivity index is 2.52. The summed E-state index contributed by atoms with van der Waals surface area (Å²) in [5.74, 6) is 0.620. The number of rotatable bonds is 6. The predicted octanol–water partition coefficient (Wildman–Crippen LogP) is 4.74. The van der Waals surface area contributed by atoms with E-state index in [-0.39, 0.29) is 0 Å². The fraction of sp³-hybridized carbons (Fsp3) is 0.500. The van der Waals surface area contributed by atoms with Crippen molar-refractivity contribution < 1.29 is 13.2 Å². The average Bonchev–Trinajstić information content (AvgIpc) is 2.37. The first-order chi connectivity index (χ1) is 9.30. The fourth-order valence-electron chi connectivity index (χ4n) is 1.82. The normalized spacial score (nSPS) is 13.1. The van der Waals surface area contributed by atoms with Crippen molar-refractivity contribution in [3.63, 3.8) is 0 Å². The predicted molar refractivity (Wildman–Crippen MR) is 77.4 cm³/mol. The Labute approximate surface area is 118 Å². The van der Waals surface area contributed by atoms with Crippen molar-refractivity contribution in [3.05, 3.63) is 41.5 Å². The highest BCUT2D eigenvalue weighted by Gasteiger charge is 2.29. The molecule has 0 aliphatic carbocycles. The molecule has 1 nitrogen and oxygen atoms in total. The van der Waals surface area contributed by atoms with Crippen LogP contribution in [0.25, 0.3) is 5.57 Å². The lowest BCUT2D eigenvalue weighted by atomic mass is 10.0. The van der Waals surface area contributed by atoms with E-state index in [4.69, 9.17) is 0 Å². The summed E-state index contributed by atoms with van der Waals surface area (Å²) in [6.07, 6.45) is -1.34. The van der Waals surface area contributed by atoms with Crippen molar-refractivity contribution in [2.24, 2.45) is 5.92 Å². The van der Waals surface area contributed by atoms with Crippen LogP contribution in [-0.4, -0.2) is 13.1 Å². The monoisotopic (exact) mass is 285 g/mol. The molecule has 1 aromatic rings. The zero-order valence-corrected chi connectivity index (χ0v) is 12.2. The van der Waals surface area contributed by atoms with Gasteiger partial charge in [0.25, 0.3) is 0 Å². The van der Waals surface area contributed by atoms with Gasteiger partial charge in [0.15, 0.2) is 0 Å². The Morgan fingerprint density at radius 1 is 1.20 bits per heavy atom. The molecule has 0 radical (unpaired) electrons. The standard InChI is InChI=1S/C16H22F3N/c1-12(2)11-20-10-4-5-13(3)14-6-8-15(9-7-14)16(17,18)19/h5-9,12,20H,4,10-11H2,1-3H3. The van der Waals surface area contributed by atoms with E-state index in [1.54, 1.807) is 0 Å². The molecular weight excluding hydrogens is 263 g/mol. The van der Waals surface area contributed by atoms with Gasteiger partial charge in [-0.15, -0.1) is 0 Å². The van der Waals surface area contributed by atoms with Crippen LogP contribution < -0.4 is 5.32 Å². The summed E-state index contributed by atoms with van der Waals surface area (Å²) in [6.45, 7) is 8.08. The minimum Gasteiger partial charge on any atom is -0.316 e. The van der Waals surface area contributed by atoms with Gasteiger partial charge in [0, 0.05) is 0 Å². The van der Waals surface area contributed by atoms with E-state index >= 15 is 0 Å². The van der Waals surface area contributed by atoms with Gasteiger partial charge in [0.05, 0.1) is 5.56 Å². The lowest BCUT2D eigenvalue weighted by Crippen LogP contribution is -2.20. The quantitative estimate of drug-likeness (QED) is 0.744. The molecular formula is C16H22F3N. The molecule has 0 aliphatic heterocycles. The smallest absolute Gasteiger partial charge is 0.316 e. The molecule has 0 aliphatic rings. The van der Waals surface area contributed by atoms with Crippen molar-refractivity contribution >= 4 is 5.57 Å². The molecule has 0 heterocycles. The largest absolute Gasteiger partial charge is 0.416 e. The van der Waals surface area contributed by atoms with E-state index < -0.39 is 11.7 Å². The second-order valence-electron chi connectivity index (χ2n) is 5.35. The third kappa shape index (κ3) is 5.78. The summed E-state index contributed by atoms with van der Waals surface area (Å²) in [7, 11) is 0. The van der Waals surface area contributed by atoms with Gasteiger partial charge < -0.3 is 5.32 Å². The Kier molecular flexibility index (Phi) is 6.27. The summed E-state index contributed by atoms with van der Waals surface area (Å²) in [5, 5.41) is 3.33. The molecule has 0 amide bonds. The maximum atomic E-state index is 12.5. The minimum atomic E-state index is -4.27. The van der Waals surface area contributed by atoms with Crippen LogP contribution in [-0.2, 0) is 6.18 Å². The lowest BCUT2D eigenvalue weighted by molar-refractivity contribution is -0.137. The van der Waals surface area contributed by atoms with Gasteiger partial charge in [-0.2, -0.15) is 13.2 Å². The second kappa shape index (κ2) is 7.48. The number of nitrogens with one attached hydrogen (secondary N) is 1. The lowest BCUT2D eigenvalue weighted by Gasteiger charge is -2.08. The summed E-state index contributed by atoms with van der Waals surface area (Å²) in [5.41, 5.74) is 1.24. The van der Waals surface area contributed by atoms with Crippen LogP contribution in [0.4, 0.5) is 13.2 Å². The number of alkyl halides is 3. The van der Waals surface area contributed by atoms with Crippen LogP contribution in [0.1, 0.15) is 38.3 Å². The first-order valence-electron chi connectivity index (χ1n) is 6.86. The van der Waals surface area contributed by atoms with Crippen LogP contribution in [0.3, 0.4) is 0 Å². The van der Waals surface area contributed by atoms with Gasteiger partial charge in [-0.3, -0.25) is 0 Å². The molecule has 0 fully saturated rings. The van der Waals surface area contributed by atoms with Gasteiger partial charge >= 0.3 is 6.18 Å². The zero-order valence-electron chi connectivity index (χ0n) is 12.2. The van der Waals surface area contributed by atoms with Crippen molar-refractivity contribution in [1.82, 2.24) is 5.32 Å². The average molecular weight is 285 g/mol. The van der Waals surface area contributed by atoms with Crippen LogP contribution in [0.15, 0.2) is 30.3 Å². The molecule has 1 N–H and O–H groups in total. The first kappa shape index (κ1) is 16.8. The second-order valence-corrected chi connectivity index (χ2v) is 5.35. The van der Waals surface area contributed by atoms with Crippen molar-refractivity contribution in [2.75, 3.05) is 13.1 Å². The van der Waals surface area contributed by atoms with Crippen LogP contribution in [0.2, 0.25) is 0 Å². The molecule has 1 rings (SSSR count). The van der Waals surface area contributed by atoms with E-state index in [1.165, 1.54) is 12.1 Å². The fourth-order valence-corrected chi connectivity index (χ4v) is 1.82. The highest BCUT2D eigenvalue weighted by molar-refractivity contribution is 5.63. The number of hydrogen-bond acceptors (Lipinski definition) is 1. The summed E-state index contributed by atoms with van der Waals surface area (Å²) >= 11 is 0. The highest BCUT2D eigenvalue weighted by atomic mass is 19.4. The van der Waals surface area contributed by atoms with Gasteiger partial charge in [0.1, 0.15) is 0 Å². The Morgan fingerprint density at radius 2 is 1.80 bits per heavy atom. The Morgan fingerprint density at radius 3 is 2.30 bits per heavy atom. The topological polar surface area (TPSA) is 12.0 Å². The van der Waals surface area contributed by atoms with Gasteiger partial charge in [-0.1, -0.05) is 32.1 Å². The molecule has 112 valence electrons. The third-order valence-corrected chi connectivity index (χ3v) is 2.99. The minimum absolute atomic E-state index is 0.604.